The zero-order chi connectivity index (χ0) is 10.9. The van der Waals surface area contributed by atoms with Gasteiger partial charge in [0.15, 0.2) is 0 Å². The number of hydrogen-bond acceptors (Lipinski definition) is 2. The fourth-order valence-electron chi connectivity index (χ4n) is 2.09. The number of rotatable bonds is 7. The molecule has 1 aliphatic heterocycles. The largest absolute Gasteiger partial charge is 0.377 e. The molecule has 1 unspecified atom stereocenters. The lowest BCUT2D eigenvalue weighted by Crippen LogP contribution is -2.25. The van der Waals surface area contributed by atoms with Crippen molar-refractivity contribution in [2.75, 3.05) is 6.61 Å². The molecule has 1 atom stereocenters. The van der Waals surface area contributed by atoms with Gasteiger partial charge in [-0.15, -0.1) is 0 Å². The quantitative estimate of drug-likeness (QED) is 0.604. The Bertz CT molecular complexity index is 177. The van der Waals surface area contributed by atoms with Crippen LogP contribution in [-0.2, 0) is 9.53 Å². The van der Waals surface area contributed by atoms with Crippen molar-refractivity contribution in [2.24, 2.45) is 0 Å². The lowest BCUT2D eigenvalue weighted by Gasteiger charge is -2.21. The minimum Gasteiger partial charge on any atom is -0.377 e. The summed E-state index contributed by atoms with van der Waals surface area (Å²) in [6.07, 6.45) is 10.5. The molecular weight excluding hydrogens is 188 g/mol. The first kappa shape index (κ1) is 12.7. The second-order valence-electron chi connectivity index (χ2n) is 4.54. The maximum atomic E-state index is 11.2. The normalized spacial score (nSPS) is 21.9. The average molecular weight is 212 g/mol. The number of ketones is 1. The minimum atomic E-state index is 0.234. The van der Waals surface area contributed by atoms with Crippen LogP contribution in [0.4, 0.5) is 0 Å². The fourth-order valence-corrected chi connectivity index (χ4v) is 2.09. The van der Waals surface area contributed by atoms with Crippen LogP contribution in [0.1, 0.15) is 64.7 Å². The van der Waals surface area contributed by atoms with E-state index in [1.165, 1.54) is 38.5 Å². The van der Waals surface area contributed by atoms with E-state index in [4.69, 9.17) is 4.74 Å². The van der Waals surface area contributed by atoms with E-state index in [0.29, 0.717) is 25.2 Å². The molecule has 1 saturated heterocycles. The van der Waals surface area contributed by atoms with Crippen molar-refractivity contribution in [3.05, 3.63) is 0 Å². The molecule has 0 amide bonds. The van der Waals surface area contributed by atoms with E-state index in [1.54, 1.807) is 0 Å². The summed E-state index contributed by atoms with van der Waals surface area (Å²) in [5, 5.41) is 0. The van der Waals surface area contributed by atoms with Crippen LogP contribution in [0, 0.1) is 0 Å². The minimum absolute atomic E-state index is 0.234. The van der Waals surface area contributed by atoms with Gasteiger partial charge in [0.25, 0.3) is 0 Å². The Labute approximate surface area is 93.4 Å². The Hall–Kier alpha value is -0.370. The maximum Gasteiger partial charge on any atom is 0.137 e. The molecule has 15 heavy (non-hydrogen) atoms. The Morgan fingerprint density at radius 3 is 2.67 bits per heavy atom. The van der Waals surface area contributed by atoms with Gasteiger partial charge < -0.3 is 4.74 Å². The van der Waals surface area contributed by atoms with Crippen molar-refractivity contribution < 1.29 is 9.53 Å². The molecule has 1 aliphatic rings. The van der Waals surface area contributed by atoms with E-state index < -0.39 is 0 Å². The number of ether oxygens (including phenoxy) is 1. The molecule has 1 fully saturated rings. The number of hydrogen-bond donors (Lipinski definition) is 0. The third-order valence-electron chi connectivity index (χ3n) is 3.07. The summed E-state index contributed by atoms with van der Waals surface area (Å²) < 4.78 is 5.56. The molecule has 0 aromatic heterocycles. The van der Waals surface area contributed by atoms with Crippen LogP contribution < -0.4 is 0 Å². The summed E-state index contributed by atoms with van der Waals surface area (Å²) >= 11 is 0. The number of carbonyl (C=O) groups is 1. The first-order valence-corrected chi connectivity index (χ1v) is 6.46. The van der Waals surface area contributed by atoms with Crippen molar-refractivity contribution in [1.29, 1.82) is 0 Å². The fraction of sp³-hybridized carbons (Fsp3) is 0.923. The van der Waals surface area contributed by atoms with Gasteiger partial charge in [-0.2, -0.15) is 0 Å². The van der Waals surface area contributed by atoms with Crippen molar-refractivity contribution >= 4 is 5.78 Å². The van der Waals surface area contributed by atoms with E-state index in [-0.39, 0.29) is 6.10 Å². The van der Waals surface area contributed by atoms with Crippen LogP contribution in [0.2, 0.25) is 0 Å². The molecule has 1 rings (SSSR count). The van der Waals surface area contributed by atoms with Gasteiger partial charge in [-0.3, -0.25) is 4.79 Å². The maximum absolute atomic E-state index is 11.2. The standard InChI is InChI=1S/C13H24O2/c1-2-3-4-5-6-7-8-13-11-12(14)9-10-15-13/h13H,2-11H2,1H3. The van der Waals surface area contributed by atoms with Crippen LogP contribution >= 0.6 is 0 Å². The third-order valence-corrected chi connectivity index (χ3v) is 3.07. The van der Waals surface area contributed by atoms with Crippen LogP contribution in [0.25, 0.3) is 0 Å². The SMILES string of the molecule is CCCCCCCCC1CC(=O)CCO1. The molecular formula is C13H24O2. The van der Waals surface area contributed by atoms with E-state index in [9.17, 15) is 4.79 Å². The zero-order valence-corrected chi connectivity index (χ0v) is 9.96. The molecule has 1 heterocycles. The first-order valence-electron chi connectivity index (χ1n) is 6.46. The van der Waals surface area contributed by atoms with E-state index in [2.05, 4.69) is 6.92 Å². The number of unbranched alkanes of at least 4 members (excludes halogenated alkanes) is 5. The van der Waals surface area contributed by atoms with Crippen molar-refractivity contribution in [1.82, 2.24) is 0 Å². The smallest absolute Gasteiger partial charge is 0.137 e. The third kappa shape index (κ3) is 5.93. The molecule has 0 aromatic carbocycles. The summed E-state index contributed by atoms with van der Waals surface area (Å²) in [7, 11) is 0. The highest BCUT2D eigenvalue weighted by Gasteiger charge is 2.18. The second kappa shape index (κ2) is 7.86. The average Bonchev–Trinajstić information content (AvgIpc) is 2.23. The lowest BCUT2D eigenvalue weighted by atomic mass is 10.0. The molecule has 0 bridgehead atoms. The van der Waals surface area contributed by atoms with Gasteiger partial charge in [-0.1, -0.05) is 45.4 Å². The summed E-state index contributed by atoms with van der Waals surface area (Å²) in [4.78, 5) is 11.2. The molecule has 0 aromatic rings. The second-order valence-corrected chi connectivity index (χ2v) is 4.54. The number of carbonyl (C=O) groups excluding carboxylic acids is 1. The molecule has 0 aliphatic carbocycles. The Morgan fingerprint density at radius 2 is 1.93 bits per heavy atom. The van der Waals surface area contributed by atoms with Gasteiger partial charge in [0.2, 0.25) is 0 Å². The van der Waals surface area contributed by atoms with E-state index in [1.807, 2.05) is 0 Å². The summed E-state index contributed by atoms with van der Waals surface area (Å²) in [5.74, 6) is 0.386. The summed E-state index contributed by atoms with van der Waals surface area (Å²) in [6.45, 7) is 2.89. The molecule has 0 N–H and O–H groups in total. The van der Waals surface area contributed by atoms with Gasteiger partial charge in [0.05, 0.1) is 12.7 Å². The molecule has 0 saturated carbocycles. The summed E-state index contributed by atoms with van der Waals surface area (Å²) in [6, 6.07) is 0. The molecule has 2 nitrogen and oxygen atoms in total. The predicted molar refractivity (Wildman–Crippen MR) is 62.0 cm³/mol. The van der Waals surface area contributed by atoms with Crippen LogP contribution in [0.15, 0.2) is 0 Å². The lowest BCUT2D eigenvalue weighted by molar-refractivity contribution is -0.128. The van der Waals surface area contributed by atoms with Gasteiger partial charge in [0, 0.05) is 12.8 Å². The monoisotopic (exact) mass is 212 g/mol. The van der Waals surface area contributed by atoms with E-state index >= 15 is 0 Å². The Kier molecular flexibility index (Phi) is 6.66. The van der Waals surface area contributed by atoms with Gasteiger partial charge in [-0.25, -0.2) is 0 Å². The Morgan fingerprint density at radius 1 is 1.20 bits per heavy atom. The zero-order valence-electron chi connectivity index (χ0n) is 9.96. The number of Topliss-reactive ketones (excluding diaryl/α,β-unsaturated/α-hetero) is 1. The highest BCUT2D eigenvalue weighted by molar-refractivity contribution is 5.79. The van der Waals surface area contributed by atoms with Gasteiger partial charge in [-0.05, 0) is 6.42 Å². The summed E-state index contributed by atoms with van der Waals surface area (Å²) in [5.41, 5.74) is 0. The molecule has 88 valence electrons. The van der Waals surface area contributed by atoms with Crippen LogP contribution in [0.5, 0.6) is 0 Å². The Balaban J connectivity index is 1.92. The van der Waals surface area contributed by atoms with Crippen molar-refractivity contribution in [3.8, 4) is 0 Å². The van der Waals surface area contributed by atoms with Crippen LogP contribution in [-0.4, -0.2) is 18.5 Å². The van der Waals surface area contributed by atoms with Crippen molar-refractivity contribution in [3.63, 3.8) is 0 Å². The van der Waals surface area contributed by atoms with Crippen molar-refractivity contribution in [2.45, 2.75) is 70.8 Å². The highest BCUT2D eigenvalue weighted by Crippen LogP contribution is 2.16. The molecule has 2 heteroatoms. The first-order chi connectivity index (χ1) is 7.33. The molecule has 0 radical (unpaired) electrons. The van der Waals surface area contributed by atoms with Gasteiger partial charge >= 0.3 is 0 Å². The molecule has 0 spiro atoms. The highest BCUT2D eigenvalue weighted by atomic mass is 16.5. The van der Waals surface area contributed by atoms with E-state index in [0.717, 1.165) is 6.42 Å². The van der Waals surface area contributed by atoms with Crippen LogP contribution in [0.3, 0.4) is 0 Å². The van der Waals surface area contributed by atoms with Gasteiger partial charge in [0.1, 0.15) is 5.78 Å². The predicted octanol–water partition coefficient (Wildman–Crippen LogP) is 3.49. The topological polar surface area (TPSA) is 26.3 Å².